The molecule has 2 atom stereocenters. The first kappa shape index (κ1) is 19.7. The van der Waals surface area contributed by atoms with Crippen LogP contribution >= 0.6 is 0 Å². The van der Waals surface area contributed by atoms with E-state index in [1.54, 1.807) is 0 Å². The number of carbonyl (C=O) groups excluding carboxylic acids is 1. The third kappa shape index (κ3) is 5.70. The summed E-state index contributed by atoms with van der Waals surface area (Å²) >= 11 is 0. The smallest absolute Gasteiger partial charge is 0.321 e. The highest BCUT2D eigenvalue weighted by molar-refractivity contribution is 5.92. The molecule has 0 saturated carbocycles. The zero-order valence-corrected chi connectivity index (χ0v) is 15.5. The zero-order valence-electron chi connectivity index (χ0n) is 15.5. The molecule has 0 aliphatic rings. The molecule has 0 spiro atoms. The fraction of sp³-hybridized carbons (Fsp3) is 0.333. The Morgan fingerprint density at radius 3 is 2.38 bits per heavy atom. The van der Waals surface area contributed by atoms with Crippen LogP contribution in [0.1, 0.15) is 30.0 Å². The van der Waals surface area contributed by atoms with Gasteiger partial charge in [0.05, 0.1) is 0 Å². The van der Waals surface area contributed by atoms with Crippen LogP contribution in [0.5, 0.6) is 0 Å². The van der Waals surface area contributed by atoms with Gasteiger partial charge < -0.3 is 15.7 Å². The van der Waals surface area contributed by atoms with Gasteiger partial charge in [0, 0.05) is 18.2 Å². The molecule has 0 bridgehead atoms. The van der Waals surface area contributed by atoms with Crippen molar-refractivity contribution in [1.29, 1.82) is 0 Å². The number of carboxylic acids is 1. The lowest BCUT2D eigenvalue weighted by molar-refractivity contribution is -0.139. The molecule has 26 heavy (non-hydrogen) atoms. The monoisotopic (exact) mass is 354 g/mol. The number of aryl methyl sites for hydroxylation is 1. The molecule has 0 fully saturated rings. The van der Waals surface area contributed by atoms with Gasteiger partial charge in [-0.2, -0.15) is 0 Å². The summed E-state index contributed by atoms with van der Waals surface area (Å²) in [6.45, 7) is 5.78. The van der Waals surface area contributed by atoms with Crippen LogP contribution in [0.25, 0.3) is 0 Å². The van der Waals surface area contributed by atoms with Gasteiger partial charge in [-0.15, -0.1) is 0 Å². The number of nitrogens with one attached hydrogen (secondary N) is 2. The average Bonchev–Trinajstić information content (AvgIpc) is 2.59. The van der Waals surface area contributed by atoms with Crippen molar-refractivity contribution >= 4 is 17.6 Å². The average molecular weight is 354 g/mol. The maximum Gasteiger partial charge on any atom is 0.321 e. The second-order valence-corrected chi connectivity index (χ2v) is 6.65. The lowest BCUT2D eigenvalue weighted by Gasteiger charge is -2.20. The van der Waals surface area contributed by atoms with Crippen LogP contribution in [0.3, 0.4) is 0 Å². The Kier molecular flexibility index (Phi) is 6.92. The predicted molar refractivity (Wildman–Crippen MR) is 103 cm³/mol. The standard InChI is InChI=1S/C21H26N2O3/c1-14-8-7-11-18(16(14)3)23-20(24)12-15(2)22-19(21(25)26)13-17-9-5-4-6-10-17/h4-11,15,19,22H,12-13H2,1-3H3,(H,23,24)(H,25,26)/t15?,19-/m1/s1. The van der Waals surface area contributed by atoms with Crippen LogP contribution in [0.2, 0.25) is 0 Å². The molecule has 5 heteroatoms. The van der Waals surface area contributed by atoms with Gasteiger partial charge in [-0.1, -0.05) is 42.5 Å². The first-order valence-corrected chi connectivity index (χ1v) is 8.75. The van der Waals surface area contributed by atoms with Crippen LogP contribution < -0.4 is 10.6 Å². The molecule has 0 heterocycles. The molecule has 3 N–H and O–H groups in total. The number of anilines is 1. The van der Waals surface area contributed by atoms with Crippen LogP contribution in [0, 0.1) is 13.8 Å². The van der Waals surface area contributed by atoms with Crippen molar-refractivity contribution in [2.24, 2.45) is 0 Å². The van der Waals surface area contributed by atoms with Gasteiger partial charge in [0.1, 0.15) is 6.04 Å². The van der Waals surface area contributed by atoms with E-state index in [-0.39, 0.29) is 18.4 Å². The number of amides is 1. The largest absolute Gasteiger partial charge is 0.480 e. The normalized spacial score (nSPS) is 13.0. The van der Waals surface area contributed by atoms with Gasteiger partial charge in [0.15, 0.2) is 0 Å². The van der Waals surface area contributed by atoms with E-state index in [1.165, 1.54) is 0 Å². The van der Waals surface area contributed by atoms with Crippen molar-refractivity contribution in [2.75, 3.05) is 5.32 Å². The Hall–Kier alpha value is -2.66. The van der Waals surface area contributed by atoms with E-state index in [0.29, 0.717) is 6.42 Å². The molecule has 1 unspecified atom stereocenters. The summed E-state index contributed by atoms with van der Waals surface area (Å²) in [4.78, 5) is 23.8. The molecular weight excluding hydrogens is 328 g/mol. The number of aliphatic carboxylic acids is 1. The molecule has 2 aromatic rings. The van der Waals surface area contributed by atoms with E-state index in [1.807, 2.05) is 69.3 Å². The Morgan fingerprint density at radius 1 is 1.04 bits per heavy atom. The molecule has 0 aromatic heterocycles. The van der Waals surface area contributed by atoms with Crippen molar-refractivity contribution < 1.29 is 14.7 Å². The Morgan fingerprint density at radius 2 is 1.73 bits per heavy atom. The van der Waals surface area contributed by atoms with Crippen LogP contribution in [0.4, 0.5) is 5.69 Å². The van der Waals surface area contributed by atoms with Crippen LogP contribution in [0.15, 0.2) is 48.5 Å². The Labute approximate surface area is 154 Å². The lowest BCUT2D eigenvalue weighted by atomic mass is 10.0. The number of carbonyl (C=O) groups is 2. The molecular formula is C21H26N2O3. The highest BCUT2D eigenvalue weighted by Gasteiger charge is 2.21. The summed E-state index contributed by atoms with van der Waals surface area (Å²) in [6, 6.07) is 14.2. The first-order valence-electron chi connectivity index (χ1n) is 8.75. The van der Waals surface area contributed by atoms with E-state index in [2.05, 4.69) is 10.6 Å². The minimum absolute atomic E-state index is 0.137. The van der Waals surface area contributed by atoms with Gasteiger partial charge in [0.25, 0.3) is 0 Å². The lowest BCUT2D eigenvalue weighted by Crippen LogP contribution is -2.44. The number of benzene rings is 2. The zero-order chi connectivity index (χ0) is 19.1. The molecule has 5 nitrogen and oxygen atoms in total. The second kappa shape index (κ2) is 9.15. The van der Waals surface area contributed by atoms with Gasteiger partial charge in [-0.3, -0.25) is 9.59 Å². The topological polar surface area (TPSA) is 78.4 Å². The van der Waals surface area contributed by atoms with Gasteiger partial charge in [-0.05, 0) is 49.9 Å². The van der Waals surface area contributed by atoms with E-state index < -0.39 is 12.0 Å². The number of rotatable bonds is 8. The minimum atomic E-state index is -0.921. The van der Waals surface area contributed by atoms with Crippen molar-refractivity contribution in [3.05, 3.63) is 65.2 Å². The molecule has 2 aromatic carbocycles. The van der Waals surface area contributed by atoms with Gasteiger partial charge in [-0.25, -0.2) is 0 Å². The molecule has 0 aliphatic carbocycles. The minimum Gasteiger partial charge on any atom is -0.480 e. The van der Waals surface area contributed by atoms with Crippen molar-refractivity contribution in [2.45, 2.75) is 45.7 Å². The van der Waals surface area contributed by atoms with Crippen molar-refractivity contribution in [1.82, 2.24) is 5.32 Å². The van der Waals surface area contributed by atoms with E-state index >= 15 is 0 Å². The third-order valence-electron chi connectivity index (χ3n) is 4.44. The number of hydrogen-bond acceptors (Lipinski definition) is 3. The summed E-state index contributed by atoms with van der Waals surface area (Å²) in [7, 11) is 0. The highest BCUT2D eigenvalue weighted by Crippen LogP contribution is 2.18. The van der Waals surface area contributed by atoms with Gasteiger partial charge in [0.2, 0.25) is 5.91 Å². The van der Waals surface area contributed by atoms with Crippen molar-refractivity contribution in [3.63, 3.8) is 0 Å². The molecule has 0 aliphatic heterocycles. The fourth-order valence-corrected chi connectivity index (χ4v) is 2.84. The maximum absolute atomic E-state index is 12.3. The summed E-state index contributed by atoms with van der Waals surface area (Å²) in [5.41, 5.74) is 3.89. The fourth-order valence-electron chi connectivity index (χ4n) is 2.84. The SMILES string of the molecule is Cc1cccc(NC(=O)CC(C)N[C@H](Cc2ccccc2)C(=O)O)c1C. The highest BCUT2D eigenvalue weighted by atomic mass is 16.4. The number of hydrogen-bond donors (Lipinski definition) is 3. The van der Waals surface area contributed by atoms with Gasteiger partial charge >= 0.3 is 5.97 Å². The molecule has 138 valence electrons. The predicted octanol–water partition coefficient (Wildman–Crippen LogP) is 3.31. The van der Waals surface area contributed by atoms with E-state index in [4.69, 9.17) is 0 Å². The maximum atomic E-state index is 12.3. The van der Waals surface area contributed by atoms with E-state index in [0.717, 1.165) is 22.4 Å². The molecule has 0 saturated heterocycles. The first-order chi connectivity index (χ1) is 12.4. The quantitative estimate of drug-likeness (QED) is 0.680. The van der Waals surface area contributed by atoms with Crippen LogP contribution in [-0.2, 0) is 16.0 Å². The summed E-state index contributed by atoms with van der Waals surface area (Å²) < 4.78 is 0. The van der Waals surface area contributed by atoms with Crippen molar-refractivity contribution in [3.8, 4) is 0 Å². The summed E-state index contributed by atoms with van der Waals surface area (Å²) in [5.74, 6) is -1.06. The van der Waals surface area contributed by atoms with E-state index in [9.17, 15) is 14.7 Å². The Bertz CT molecular complexity index is 759. The number of carboxylic acid groups (broad SMARTS) is 1. The second-order valence-electron chi connectivity index (χ2n) is 6.65. The molecule has 2 rings (SSSR count). The summed E-state index contributed by atoms with van der Waals surface area (Å²) in [5, 5.41) is 15.4. The van der Waals surface area contributed by atoms with Crippen LogP contribution in [-0.4, -0.2) is 29.1 Å². The molecule has 0 radical (unpaired) electrons. The molecule has 1 amide bonds. The third-order valence-corrected chi connectivity index (χ3v) is 4.44. The Balaban J connectivity index is 1.92. The summed E-state index contributed by atoms with van der Waals surface area (Å²) in [6.07, 6.45) is 0.574.